The lowest BCUT2D eigenvalue weighted by Crippen LogP contribution is -2.29. The molecule has 0 saturated carbocycles. The van der Waals surface area contributed by atoms with Gasteiger partial charge in [-0.3, -0.25) is 18.6 Å². The first kappa shape index (κ1) is 50.2. The Kier molecular flexibility index (Phi) is 37.6. The Hall–Kier alpha value is -1.77. The van der Waals surface area contributed by atoms with E-state index in [9.17, 15) is 19.0 Å². The molecule has 2 atom stereocenters. The average Bonchev–Trinajstić information content (AvgIpc) is 3.13. The zero-order valence-corrected chi connectivity index (χ0v) is 34.2. The minimum atomic E-state index is -4.38. The van der Waals surface area contributed by atoms with Crippen LogP contribution in [-0.4, -0.2) is 49.3 Å². The maximum absolute atomic E-state index is 12.5. The number of carbonyl (C=O) groups is 2. The van der Waals surface area contributed by atoms with E-state index in [0.717, 1.165) is 77.0 Å². The van der Waals surface area contributed by atoms with Gasteiger partial charge in [-0.15, -0.1) is 0 Å². The number of phosphoric acid groups is 1. The highest BCUT2D eigenvalue weighted by atomic mass is 31.2. The van der Waals surface area contributed by atoms with E-state index in [-0.39, 0.29) is 32.6 Å². The highest BCUT2D eigenvalue weighted by Gasteiger charge is 2.26. The molecule has 3 N–H and O–H groups in total. The first-order valence-electron chi connectivity index (χ1n) is 21.0. The molecule has 0 aromatic heterocycles. The number of unbranched alkanes of at least 4 members (excludes halogenated alkanes) is 20. The lowest BCUT2D eigenvalue weighted by molar-refractivity contribution is -0.161. The third kappa shape index (κ3) is 38.0. The van der Waals surface area contributed by atoms with Crippen LogP contribution in [0.15, 0.2) is 36.5 Å². The molecule has 2 unspecified atom stereocenters. The van der Waals surface area contributed by atoms with Crippen LogP contribution in [0.25, 0.3) is 0 Å². The van der Waals surface area contributed by atoms with Crippen LogP contribution in [0.1, 0.15) is 187 Å². The number of ether oxygens (including phenoxy) is 2. The van der Waals surface area contributed by atoms with Gasteiger partial charge in [-0.05, 0) is 70.6 Å². The Morgan fingerprint density at radius 3 is 1.52 bits per heavy atom. The van der Waals surface area contributed by atoms with E-state index in [4.69, 9.17) is 24.3 Å². The molecule has 0 aromatic carbocycles. The fourth-order valence-corrected chi connectivity index (χ4v) is 6.36. The Balaban J connectivity index is 4.21. The first-order chi connectivity index (χ1) is 25.3. The molecule has 0 fully saturated rings. The molecule has 0 aliphatic carbocycles. The number of esters is 2. The molecule has 0 amide bonds. The zero-order chi connectivity index (χ0) is 38.2. The summed E-state index contributed by atoms with van der Waals surface area (Å²) < 4.78 is 32.7. The largest absolute Gasteiger partial charge is 0.472 e. The van der Waals surface area contributed by atoms with Crippen molar-refractivity contribution < 1.29 is 37.6 Å². The fraction of sp³-hybridized carbons (Fsp3) is 0.810. The van der Waals surface area contributed by atoms with Crippen LogP contribution in [0.5, 0.6) is 0 Å². The number of hydrogen-bond donors (Lipinski definition) is 2. The predicted molar refractivity (Wildman–Crippen MR) is 215 cm³/mol. The summed E-state index contributed by atoms with van der Waals surface area (Å²) in [5.41, 5.74) is 5.34. The van der Waals surface area contributed by atoms with Gasteiger partial charge in [0.05, 0.1) is 13.2 Å². The second kappa shape index (κ2) is 38.9. The van der Waals surface area contributed by atoms with Crippen LogP contribution >= 0.6 is 7.82 Å². The second-order valence-electron chi connectivity index (χ2n) is 13.8. The van der Waals surface area contributed by atoms with Gasteiger partial charge in [-0.1, -0.05) is 140 Å². The Morgan fingerprint density at radius 2 is 1.00 bits per heavy atom. The Labute approximate surface area is 318 Å². The SMILES string of the molecule is CCCCC/C=C\C/C=C\CCCCCCCC(=O)OC(COC(=O)CCCCCCC/C=C\CCCCCCCCC)COP(=O)(O)OCCN. The monoisotopic (exact) mass is 756 g/mol. The maximum Gasteiger partial charge on any atom is 0.472 e. The van der Waals surface area contributed by atoms with Crippen LogP contribution < -0.4 is 5.73 Å². The molecule has 0 saturated heterocycles. The molecule has 10 heteroatoms. The third-order valence-corrected chi connectivity index (χ3v) is 9.73. The summed E-state index contributed by atoms with van der Waals surface area (Å²) in [4.78, 5) is 34.8. The molecule has 0 aromatic rings. The summed E-state index contributed by atoms with van der Waals surface area (Å²) in [6.45, 7) is 3.68. The number of carbonyl (C=O) groups excluding carboxylic acids is 2. The van der Waals surface area contributed by atoms with Crippen LogP contribution in [0.3, 0.4) is 0 Å². The van der Waals surface area contributed by atoms with Crippen molar-refractivity contribution in [1.82, 2.24) is 0 Å². The number of nitrogens with two attached hydrogens (primary N) is 1. The van der Waals surface area contributed by atoms with E-state index >= 15 is 0 Å². The topological polar surface area (TPSA) is 134 Å². The van der Waals surface area contributed by atoms with E-state index in [2.05, 4.69) is 50.3 Å². The number of hydrogen-bond acceptors (Lipinski definition) is 8. The van der Waals surface area contributed by atoms with E-state index in [1.807, 2.05) is 0 Å². The van der Waals surface area contributed by atoms with Crippen molar-refractivity contribution in [2.75, 3.05) is 26.4 Å². The summed E-state index contributed by atoms with van der Waals surface area (Å²) in [6.07, 6.45) is 41.7. The summed E-state index contributed by atoms with van der Waals surface area (Å²) in [6, 6.07) is 0. The van der Waals surface area contributed by atoms with Crippen molar-refractivity contribution in [2.24, 2.45) is 5.73 Å². The number of phosphoric ester groups is 1. The maximum atomic E-state index is 12.5. The van der Waals surface area contributed by atoms with Crippen LogP contribution in [0, 0.1) is 0 Å². The molecule has 0 radical (unpaired) electrons. The van der Waals surface area contributed by atoms with Crippen LogP contribution in [0.2, 0.25) is 0 Å². The summed E-state index contributed by atoms with van der Waals surface area (Å²) in [5.74, 6) is -0.853. The van der Waals surface area contributed by atoms with Crippen molar-refractivity contribution in [3.05, 3.63) is 36.5 Å². The van der Waals surface area contributed by atoms with Gasteiger partial charge in [-0.25, -0.2) is 4.57 Å². The Morgan fingerprint density at radius 1 is 0.577 bits per heavy atom. The molecule has 0 aliphatic heterocycles. The van der Waals surface area contributed by atoms with Crippen molar-refractivity contribution in [2.45, 2.75) is 193 Å². The zero-order valence-electron chi connectivity index (χ0n) is 33.3. The number of allylic oxidation sites excluding steroid dienone is 6. The second-order valence-corrected chi connectivity index (χ2v) is 15.3. The molecular weight excluding hydrogens is 677 g/mol. The molecule has 9 nitrogen and oxygen atoms in total. The minimum Gasteiger partial charge on any atom is -0.462 e. The third-order valence-electron chi connectivity index (χ3n) is 8.75. The highest BCUT2D eigenvalue weighted by Crippen LogP contribution is 2.43. The summed E-state index contributed by atoms with van der Waals surface area (Å²) in [5, 5.41) is 0. The van der Waals surface area contributed by atoms with E-state index < -0.39 is 32.5 Å². The normalized spacial score (nSPS) is 13.7. The fourth-order valence-electron chi connectivity index (χ4n) is 5.60. The van der Waals surface area contributed by atoms with Gasteiger partial charge in [0.1, 0.15) is 6.61 Å². The van der Waals surface area contributed by atoms with Gasteiger partial charge >= 0.3 is 19.8 Å². The van der Waals surface area contributed by atoms with E-state index in [0.29, 0.717) is 6.42 Å². The minimum absolute atomic E-state index is 0.0495. The molecule has 304 valence electrons. The molecule has 0 heterocycles. The van der Waals surface area contributed by atoms with E-state index in [1.54, 1.807) is 0 Å². The highest BCUT2D eigenvalue weighted by molar-refractivity contribution is 7.47. The molecule has 0 bridgehead atoms. The number of rotatable bonds is 39. The molecule has 0 spiro atoms. The molecular formula is C42H78NO8P. The average molecular weight is 756 g/mol. The van der Waals surface area contributed by atoms with Gasteiger partial charge in [0.25, 0.3) is 0 Å². The lowest BCUT2D eigenvalue weighted by Gasteiger charge is -2.19. The molecule has 0 rings (SSSR count). The quantitative estimate of drug-likeness (QED) is 0.0272. The summed E-state index contributed by atoms with van der Waals surface area (Å²) in [7, 11) is -4.38. The van der Waals surface area contributed by atoms with Crippen molar-refractivity contribution in [3.63, 3.8) is 0 Å². The molecule has 52 heavy (non-hydrogen) atoms. The van der Waals surface area contributed by atoms with Crippen molar-refractivity contribution in [1.29, 1.82) is 0 Å². The Bertz CT molecular complexity index is 954. The van der Waals surface area contributed by atoms with Crippen LogP contribution in [0.4, 0.5) is 0 Å². The van der Waals surface area contributed by atoms with Crippen molar-refractivity contribution >= 4 is 19.8 Å². The van der Waals surface area contributed by atoms with Gasteiger partial charge in [-0.2, -0.15) is 0 Å². The van der Waals surface area contributed by atoms with Crippen molar-refractivity contribution in [3.8, 4) is 0 Å². The van der Waals surface area contributed by atoms with Gasteiger partial charge in [0.2, 0.25) is 0 Å². The van der Waals surface area contributed by atoms with Gasteiger partial charge < -0.3 is 20.1 Å². The van der Waals surface area contributed by atoms with Gasteiger partial charge in [0.15, 0.2) is 6.10 Å². The van der Waals surface area contributed by atoms with Gasteiger partial charge in [0, 0.05) is 19.4 Å². The lowest BCUT2D eigenvalue weighted by atomic mass is 10.1. The molecule has 0 aliphatic rings. The van der Waals surface area contributed by atoms with E-state index in [1.165, 1.54) is 77.0 Å². The smallest absolute Gasteiger partial charge is 0.462 e. The summed E-state index contributed by atoms with van der Waals surface area (Å²) >= 11 is 0. The first-order valence-corrected chi connectivity index (χ1v) is 22.5. The predicted octanol–water partition coefficient (Wildman–Crippen LogP) is 11.8. The van der Waals surface area contributed by atoms with Crippen LogP contribution in [-0.2, 0) is 32.7 Å². The standard InChI is InChI=1S/C42H78NO8P/c1-3-5-7-9-11-13-15-17-19-21-22-24-26-28-30-32-34-41(44)48-38-40(39-50-52(46,47)49-37-36-43)51-42(45)35-33-31-29-27-25-23-20-18-16-14-12-10-8-6-4-2/h12,14,18-21,40H,3-11,13,15-17,22-39,43H2,1-2H3,(H,46,47)/b14-12-,20-18-,21-19-.